The summed E-state index contributed by atoms with van der Waals surface area (Å²) >= 11 is 0. The molecular weight excluding hydrogens is 388 g/mol. The number of rotatable bonds is 6. The number of ether oxygens (including phenoxy) is 1. The average Bonchev–Trinajstić information content (AvgIpc) is 2.83. The van der Waals surface area contributed by atoms with Gasteiger partial charge < -0.3 is 15.0 Å². The highest BCUT2D eigenvalue weighted by atomic mass is 16.5. The van der Waals surface area contributed by atoms with Crippen LogP contribution in [0.1, 0.15) is 71.7 Å². The summed E-state index contributed by atoms with van der Waals surface area (Å²) in [6.07, 6.45) is 7.23. The largest absolute Gasteiger partial charge is 0.494 e. The molecule has 5 heteroatoms. The van der Waals surface area contributed by atoms with Crippen molar-refractivity contribution in [2.24, 2.45) is 5.92 Å². The van der Waals surface area contributed by atoms with E-state index < -0.39 is 0 Å². The number of carbonyl (C=O) groups excluding carboxylic acids is 2. The fourth-order valence-electron chi connectivity index (χ4n) is 5.03. The maximum atomic E-state index is 13.2. The van der Waals surface area contributed by atoms with Crippen LogP contribution in [0.2, 0.25) is 0 Å². The minimum atomic E-state index is -0.157. The molecule has 1 aliphatic carbocycles. The first-order valence-corrected chi connectivity index (χ1v) is 11.6. The SMILES string of the molecule is CCOc1ccccc1CNC(=O)c1ccc(C(=O)N2CCC[C@@H]3CCCC[C@@H]32)cc1. The number of carbonyl (C=O) groups is 2. The fraction of sp³-hybridized carbons (Fsp3) is 0.462. The first-order chi connectivity index (χ1) is 15.2. The Balaban J connectivity index is 1.38. The maximum absolute atomic E-state index is 13.2. The minimum Gasteiger partial charge on any atom is -0.494 e. The molecule has 5 nitrogen and oxygen atoms in total. The molecule has 31 heavy (non-hydrogen) atoms. The van der Waals surface area contributed by atoms with Gasteiger partial charge in [0.2, 0.25) is 0 Å². The predicted octanol–water partition coefficient (Wildman–Crippen LogP) is 4.81. The Kier molecular flexibility index (Phi) is 6.90. The molecule has 1 saturated heterocycles. The highest BCUT2D eigenvalue weighted by Gasteiger charge is 2.35. The Morgan fingerprint density at radius 2 is 1.68 bits per heavy atom. The summed E-state index contributed by atoms with van der Waals surface area (Å²) in [6.45, 7) is 3.77. The molecule has 1 aliphatic heterocycles. The predicted molar refractivity (Wildman–Crippen MR) is 121 cm³/mol. The monoisotopic (exact) mass is 420 g/mol. The van der Waals surface area contributed by atoms with E-state index >= 15 is 0 Å². The number of hydrogen-bond donors (Lipinski definition) is 1. The van der Waals surface area contributed by atoms with Crippen molar-refractivity contribution in [3.8, 4) is 5.75 Å². The molecule has 164 valence electrons. The molecular formula is C26H32N2O3. The quantitative estimate of drug-likeness (QED) is 0.730. The summed E-state index contributed by atoms with van der Waals surface area (Å²) in [5, 5.41) is 2.95. The van der Waals surface area contributed by atoms with Crippen LogP contribution in [0.5, 0.6) is 5.75 Å². The van der Waals surface area contributed by atoms with E-state index in [1.165, 1.54) is 25.7 Å². The van der Waals surface area contributed by atoms with Crippen LogP contribution in [0.4, 0.5) is 0 Å². The van der Waals surface area contributed by atoms with Crippen LogP contribution in [0.25, 0.3) is 0 Å². The molecule has 2 atom stereocenters. The van der Waals surface area contributed by atoms with Crippen molar-refractivity contribution in [3.05, 3.63) is 65.2 Å². The second-order valence-corrected chi connectivity index (χ2v) is 8.55. The lowest BCUT2D eigenvalue weighted by molar-refractivity contribution is 0.0390. The standard InChI is InChI=1S/C26H32N2O3/c1-2-31-24-12-6-4-9-22(24)18-27-25(29)20-13-15-21(16-14-20)26(30)28-17-7-10-19-8-3-5-11-23(19)28/h4,6,9,12-16,19,23H,2-3,5,7-8,10-11,17-18H2,1H3,(H,27,29)/t19-,23-/m0/s1. The highest BCUT2D eigenvalue weighted by molar-refractivity contribution is 5.98. The zero-order valence-corrected chi connectivity index (χ0v) is 18.3. The third kappa shape index (κ3) is 4.92. The Hall–Kier alpha value is -2.82. The van der Waals surface area contributed by atoms with Gasteiger partial charge in [-0.15, -0.1) is 0 Å². The molecule has 0 bridgehead atoms. The van der Waals surface area contributed by atoms with E-state index in [4.69, 9.17) is 4.74 Å². The van der Waals surface area contributed by atoms with E-state index in [0.29, 0.717) is 36.2 Å². The first kappa shape index (κ1) is 21.4. The van der Waals surface area contributed by atoms with Crippen LogP contribution in [-0.4, -0.2) is 35.9 Å². The number of nitrogens with one attached hydrogen (secondary N) is 1. The molecule has 2 aliphatic rings. The molecule has 0 unspecified atom stereocenters. The van der Waals surface area contributed by atoms with Gasteiger partial charge in [-0.3, -0.25) is 9.59 Å². The lowest BCUT2D eigenvalue weighted by Crippen LogP contribution is -2.49. The van der Waals surface area contributed by atoms with Crippen molar-refractivity contribution in [1.82, 2.24) is 10.2 Å². The topological polar surface area (TPSA) is 58.6 Å². The van der Waals surface area contributed by atoms with E-state index in [1.54, 1.807) is 24.3 Å². The van der Waals surface area contributed by atoms with Gasteiger partial charge in [0.05, 0.1) is 6.61 Å². The van der Waals surface area contributed by atoms with Crippen LogP contribution in [0, 0.1) is 5.92 Å². The van der Waals surface area contributed by atoms with Gasteiger partial charge in [0, 0.05) is 35.8 Å². The van der Waals surface area contributed by atoms with Crippen molar-refractivity contribution in [2.75, 3.05) is 13.2 Å². The summed E-state index contributed by atoms with van der Waals surface area (Å²) in [6, 6.07) is 15.2. The normalized spacial score (nSPS) is 20.6. The van der Waals surface area contributed by atoms with E-state index in [9.17, 15) is 9.59 Å². The smallest absolute Gasteiger partial charge is 0.254 e. The third-order valence-corrected chi connectivity index (χ3v) is 6.61. The van der Waals surface area contributed by atoms with Gasteiger partial charge in [-0.05, 0) is 68.9 Å². The van der Waals surface area contributed by atoms with Crippen LogP contribution in [0.3, 0.4) is 0 Å². The zero-order chi connectivity index (χ0) is 21.6. The number of benzene rings is 2. The van der Waals surface area contributed by atoms with Crippen LogP contribution in [0.15, 0.2) is 48.5 Å². The molecule has 1 N–H and O–H groups in total. The highest BCUT2D eigenvalue weighted by Crippen LogP contribution is 2.35. The summed E-state index contributed by atoms with van der Waals surface area (Å²) in [4.78, 5) is 27.9. The van der Waals surface area contributed by atoms with E-state index in [0.717, 1.165) is 30.7 Å². The van der Waals surface area contributed by atoms with Gasteiger partial charge in [0.25, 0.3) is 11.8 Å². The molecule has 1 saturated carbocycles. The van der Waals surface area contributed by atoms with Gasteiger partial charge >= 0.3 is 0 Å². The molecule has 1 heterocycles. The Morgan fingerprint density at radius 1 is 0.968 bits per heavy atom. The Morgan fingerprint density at radius 3 is 2.48 bits per heavy atom. The van der Waals surface area contributed by atoms with E-state index in [-0.39, 0.29) is 11.8 Å². The number of likely N-dealkylation sites (tertiary alicyclic amines) is 1. The van der Waals surface area contributed by atoms with Gasteiger partial charge in [-0.2, -0.15) is 0 Å². The van der Waals surface area contributed by atoms with Crippen molar-refractivity contribution in [2.45, 2.75) is 58.0 Å². The number of piperidine rings is 1. The lowest BCUT2D eigenvalue weighted by atomic mass is 9.78. The van der Waals surface area contributed by atoms with Crippen molar-refractivity contribution in [1.29, 1.82) is 0 Å². The van der Waals surface area contributed by atoms with Crippen molar-refractivity contribution < 1.29 is 14.3 Å². The van der Waals surface area contributed by atoms with Crippen molar-refractivity contribution in [3.63, 3.8) is 0 Å². The van der Waals surface area contributed by atoms with E-state index in [1.807, 2.05) is 31.2 Å². The van der Waals surface area contributed by atoms with Crippen LogP contribution < -0.4 is 10.1 Å². The van der Waals surface area contributed by atoms with Gasteiger partial charge in [-0.1, -0.05) is 31.0 Å². The molecule has 0 radical (unpaired) electrons. The lowest BCUT2D eigenvalue weighted by Gasteiger charge is -2.44. The molecule has 2 amide bonds. The summed E-state index contributed by atoms with van der Waals surface area (Å²) in [5.41, 5.74) is 2.17. The summed E-state index contributed by atoms with van der Waals surface area (Å²) < 4.78 is 5.62. The number of amides is 2. The van der Waals surface area contributed by atoms with E-state index in [2.05, 4.69) is 10.2 Å². The van der Waals surface area contributed by atoms with Crippen molar-refractivity contribution >= 4 is 11.8 Å². The molecule has 0 aromatic heterocycles. The number of para-hydroxylation sites is 1. The van der Waals surface area contributed by atoms with Gasteiger partial charge in [-0.25, -0.2) is 0 Å². The van der Waals surface area contributed by atoms with Gasteiger partial charge in [0.15, 0.2) is 0 Å². The Bertz CT molecular complexity index is 907. The van der Waals surface area contributed by atoms with Gasteiger partial charge in [0.1, 0.15) is 5.75 Å². The minimum absolute atomic E-state index is 0.106. The molecule has 2 aromatic carbocycles. The second kappa shape index (κ2) is 9.99. The maximum Gasteiger partial charge on any atom is 0.254 e. The number of nitrogens with zero attached hydrogens (tertiary/aromatic N) is 1. The first-order valence-electron chi connectivity index (χ1n) is 11.6. The number of hydrogen-bond acceptors (Lipinski definition) is 3. The second-order valence-electron chi connectivity index (χ2n) is 8.55. The average molecular weight is 421 g/mol. The molecule has 2 fully saturated rings. The summed E-state index contributed by atoms with van der Waals surface area (Å²) in [7, 11) is 0. The Labute approximate surface area is 184 Å². The molecule has 0 spiro atoms. The summed E-state index contributed by atoms with van der Waals surface area (Å²) in [5.74, 6) is 1.40. The number of fused-ring (bicyclic) bond motifs is 1. The van der Waals surface area contributed by atoms with Crippen LogP contribution >= 0.6 is 0 Å². The molecule has 4 rings (SSSR count). The third-order valence-electron chi connectivity index (χ3n) is 6.61. The zero-order valence-electron chi connectivity index (χ0n) is 18.3. The fourth-order valence-corrected chi connectivity index (χ4v) is 5.03. The van der Waals surface area contributed by atoms with Crippen LogP contribution in [-0.2, 0) is 6.54 Å². The molecule has 2 aromatic rings.